The van der Waals surface area contributed by atoms with Gasteiger partial charge in [-0.2, -0.15) is 0 Å². The van der Waals surface area contributed by atoms with Crippen molar-refractivity contribution in [1.82, 2.24) is 0 Å². The van der Waals surface area contributed by atoms with Crippen LogP contribution >= 0.6 is 0 Å². The zero-order chi connectivity index (χ0) is 14.2. The molecule has 4 nitrogen and oxygen atoms in total. The average Bonchev–Trinajstić information content (AvgIpc) is 2.82. The lowest BCUT2D eigenvalue weighted by Crippen LogP contribution is -2.34. The van der Waals surface area contributed by atoms with Gasteiger partial charge in [-0.15, -0.1) is 0 Å². The Morgan fingerprint density at radius 1 is 1.30 bits per heavy atom. The molecule has 0 spiro atoms. The minimum Gasteiger partial charge on any atom is -0.388 e. The van der Waals surface area contributed by atoms with E-state index in [4.69, 9.17) is 14.2 Å². The lowest BCUT2D eigenvalue weighted by Gasteiger charge is -2.17. The molecule has 0 saturated carbocycles. The number of unbranched alkanes of at least 4 members (excludes halogenated alkanes) is 1. The molecule has 1 heterocycles. The number of ether oxygens (including phenoxy) is 3. The predicted molar refractivity (Wildman–Crippen MR) is 76.5 cm³/mol. The molecular formula is C16H24O4. The molecule has 0 radical (unpaired) electrons. The molecule has 1 aliphatic rings. The molecule has 3 atom stereocenters. The number of benzene rings is 1. The summed E-state index contributed by atoms with van der Waals surface area (Å²) in [6, 6.07) is 9.98. The summed E-state index contributed by atoms with van der Waals surface area (Å²) in [5.74, 6) is 0. The molecule has 2 rings (SSSR count). The Bertz CT molecular complexity index is 368. The van der Waals surface area contributed by atoms with E-state index in [9.17, 15) is 5.11 Å². The zero-order valence-electron chi connectivity index (χ0n) is 12.0. The van der Waals surface area contributed by atoms with E-state index in [1.165, 1.54) is 0 Å². The summed E-state index contributed by atoms with van der Waals surface area (Å²) in [7, 11) is 0. The second-order valence-corrected chi connectivity index (χ2v) is 5.13. The van der Waals surface area contributed by atoms with Crippen molar-refractivity contribution >= 4 is 0 Å². The summed E-state index contributed by atoms with van der Waals surface area (Å²) >= 11 is 0. The van der Waals surface area contributed by atoms with Crippen LogP contribution in [0, 0.1) is 0 Å². The zero-order valence-corrected chi connectivity index (χ0v) is 12.0. The van der Waals surface area contributed by atoms with Gasteiger partial charge in [0.2, 0.25) is 0 Å². The molecule has 0 amide bonds. The van der Waals surface area contributed by atoms with Gasteiger partial charge in [0.05, 0.1) is 19.8 Å². The quantitative estimate of drug-likeness (QED) is 0.741. The van der Waals surface area contributed by atoms with E-state index in [0.717, 1.165) is 18.4 Å². The molecule has 0 unspecified atom stereocenters. The Morgan fingerprint density at radius 2 is 2.10 bits per heavy atom. The Labute approximate surface area is 120 Å². The lowest BCUT2D eigenvalue weighted by atomic mass is 10.1. The summed E-state index contributed by atoms with van der Waals surface area (Å²) in [5.41, 5.74) is 1.12. The Balaban J connectivity index is 1.66. The Morgan fingerprint density at radius 3 is 2.85 bits per heavy atom. The van der Waals surface area contributed by atoms with Crippen molar-refractivity contribution in [3.8, 4) is 0 Å². The molecule has 1 aromatic rings. The van der Waals surface area contributed by atoms with Gasteiger partial charge in [-0.1, -0.05) is 43.7 Å². The van der Waals surface area contributed by atoms with Crippen LogP contribution in [-0.2, 0) is 20.8 Å². The van der Waals surface area contributed by atoms with Crippen LogP contribution in [0.2, 0.25) is 0 Å². The lowest BCUT2D eigenvalue weighted by molar-refractivity contribution is -0.0444. The summed E-state index contributed by atoms with van der Waals surface area (Å²) in [5, 5.41) is 10.1. The van der Waals surface area contributed by atoms with Crippen molar-refractivity contribution in [2.75, 3.05) is 19.8 Å². The van der Waals surface area contributed by atoms with Crippen molar-refractivity contribution in [3.63, 3.8) is 0 Å². The van der Waals surface area contributed by atoms with E-state index in [2.05, 4.69) is 6.92 Å². The van der Waals surface area contributed by atoms with Gasteiger partial charge in [0, 0.05) is 6.61 Å². The first-order chi connectivity index (χ1) is 9.81. The fourth-order valence-electron chi connectivity index (χ4n) is 2.19. The standard InChI is InChI=1S/C16H24O4/c1-2-3-9-19-15-12-20-14(16(15)17)11-18-10-13-7-5-4-6-8-13/h4-8,14-17H,2-3,9-12H2,1H3/t14-,15+,16-/m1/s1. The second kappa shape index (κ2) is 8.37. The summed E-state index contributed by atoms with van der Waals surface area (Å²) in [4.78, 5) is 0. The van der Waals surface area contributed by atoms with Crippen molar-refractivity contribution in [3.05, 3.63) is 35.9 Å². The number of aliphatic hydroxyl groups is 1. The highest BCUT2D eigenvalue weighted by molar-refractivity contribution is 5.13. The van der Waals surface area contributed by atoms with Crippen LogP contribution in [0.3, 0.4) is 0 Å². The van der Waals surface area contributed by atoms with Gasteiger partial charge in [-0.05, 0) is 12.0 Å². The highest BCUT2D eigenvalue weighted by Crippen LogP contribution is 2.18. The van der Waals surface area contributed by atoms with Crippen molar-refractivity contribution in [2.24, 2.45) is 0 Å². The smallest absolute Gasteiger partial charge is 0.111 e. The van der Waals surface area contributed by atoms with Crippen LogP contribution in [-0.4, -0.2) is 43.2 Å². The minimum absolute atomic E-state index is 0.216. The van der Waals surface area contributed by atoms with E-state index < -0.39 is 6.10 Å². The fourth-order valence-corrected chi connectivity index (χ4v) is 2.19. The van der Waals surface area contributed by atoms with Crippen molar-refractivity contribution in [1.29, 1.82) is 0 Å². The predicted octanol–water partition coefficient (Wildman–Crippen LogP) is 2.15. The molecular weight excluding hydrogens is 256 g/mol. The molecule has 1 aliphatic heterocycles. The van der Waals surface area contributed by atoms with E-state index in [0.29, 0.717) is 26.4 Å². The van der Waals surface area contributed by atoms with Gasteiger partial charge in [0.25, 0.3) is 0 Å². The van der Waals surface area contributed by atoms with Crippen LogP contribution in [0.4, 0.5) is 0 Å². The Kier molecular flexibility index (Phi) is 6.47. The van der Waals surface area contributed by atoms with Crippen LogP contribution in [0.25, 0.3) is 0 Å². The van der Waals surface area contributed by atoms with Gasteiger partial charge < -0.3 is 19.3 Å². The summed E-state index contributed by atoms with van der Waals surface area (Å²) < 4.78 is 16.8. The monoisotopic (exact) mass is 280 g/mol. The molecule has 0 aliphatic carbocycles. The molecule has 1 fully saturated rings. The number of rotatable bonds is 8. The SMILES string of the molecule is CCCCO[C@H]1CO[C@H](COCc2ccccc2)[C@H]1O. The highest BCUT2D eigenvalue weighted by atomic mass is 16.6. The van der Waals surface area contributed by atoms with Gasteiger partial charge in [-0.3, -0.25) is 0 Å². The third-order valence-corrected chi connectivity index (χ3v) is 3.46. The molecule has 0 aromatic heterocycles. The molecule has 4 heteroatoms. The maximum atomic E-state index is 10.1. The fraction of sp³-hybridized carbons (Fsp3) is 0.625. The van der Waals surface area contributed by atoms with Gasteiger partial charge >= 0.3 is 0 Å². The van der Waals surface area contributed by atoms with E-state index >= 15 is 0 Å². The molecule has 1 saturated heterocycles. The van der Waals surface area contributed by atoms with Crippen molar-refractivity contribution in [2.45, 2.75) is 44.7 Å². The second-order valence-electron chi connectivity index (χ2n) is 5.13. The minimum atomic E-state index is -0.595. The number of aliphatic hydroxyl groups excluding tert-OH is 1. The van der Waals surface area contributed by atoms with E-state index in [-0.39, 0.29) is 12.2 Å². The van der Waals surface area contributed by atoms with Crippen molar-refractivity contribution < 1.29 is 19.3 Å². The Hall–Kier alpha value is -0.940. The third kappa shape index (κ3) is 4.56. The van der Waals surface area contributed by atoms with Gasteiger partial charge in [-0.25, -0.2) is 0 Å². The first kappa shape index (κ1) is 15.4. The maximum Gasteiger partial charge on any atom is 0.111 e. The summed E-state index contributed by atoms with van der Waals surface area (Å²) in [6.45, 7) is 4.17. The normalized spacial score (nSPS) is 26.0. The average molecular weight is 280 g/mol. The highest BCUT2D eigenvalue weighted by Gasteiger charge is 2.36. The van der Waals surface area contributed by atoms with Gasteiger partial charge in [0.1, 0.15) is 18.3 Å². The van der Waals surface area contributed by atoms with Crippen LogP contribution < -0.4 is 0 Å². The topological polar surface area (TPSA) is 47.9 Å². The number of hydrogen-bond acceptors (Lipinski definition) is 4. The number of hydrogen-bond donors (Lipinski definition) is 1. The van der Waals surface area contributed by atoms with Gasteiger partial charge in [0.15, 0.2) is 0 Å². The largest absolute Gasteiger partial charge is 0.388 e. The van der Waals surface area contributed by atoms with Crippen LogP contribution in [0.1, 0.15) is 25.3 Å². The maximum absolute atomic E-state index is 10.1. The molecule has 20 heavy (non-hydrogen) atoms. The van der Waals surface area contributed by atoms with Crippen LogP contribution in [0.5, 0.6) is 0 Å². The van der Waals surface area contributed by atoms with E-state index in [1.807, 2.05) is 30.3 Å². The molecule has 1 N–H and O–H groups in total. The molecule has 1 aromatic carbocycles. The first-order valence-electron chi connectivity index (χ1n) is 7.34. The van der Waals surface area contributed by atoms with Crippen LogP contribution in [0.15, 0.2) is 30.3 Å². The third-order valence-electron chi connectivity index (χ3n) is 3.46. The summed E-state index contributed by atoms with van der Waals surface area (Å²) in [6.07, 6.45) is 1.01. The van der Waals surface area contributed by atoms with E-state index in [1.54, 1.807) is 0 Å². The first-order valence-corrected chi connectivity index (χ1v) is 7.34. The molecule has 112 valence electrons. The molecule has 0 bridgehead atoms.